The van der Waals surface area contributed by atoms with Crippen molar-refractivity contribution in [3.8, 4) is 5.75 Å². The third-order valence-corrected chi connectivity index (χ3v) is 4.21. The smallest absolute Gasteiger partial charge is 0.338 e. The van der Waals surface area contributed by atoms with Crippen LogP contribution in [-0.2, 0) is 9.53 Å². The molecule has 0 heterocycles. The van der Waals surface area contributed by atoms with Crippen molar-refractivity contribution < 1.29 is 28.8 Å². The van der Waals surface area contributed by atoms with Crippen LogP contribution in [0.3, 0.4) is 0 Å². The SMILES string of the molecule is COC(=O)c1ccc(O[C@@H](C)C(=O)c2ccc(NC(=O)C(C)C)cc2)c([N+](=O)[O-])c1. The number of nitro groups is 1. The van der Waals surface area contributed by atoms with Crippen molar-refractivity contribution in [1.82, 2.24) is 0 Å². The molecule has 9 heteroatoms. The first-order chi connectivity index (χ1) is 14.1. The van der Waals surface area contributed by atoms with E-state index in [0.717, 1.165) is 6.07 Å². The van der Waals surface area contributed by atoms with Crippen molar-refractivity contribution in [3.63, 3.8) is 0 Å². The van der Waals surface area contributed by atoms with E-state index in [4.69, 9.17) is 4.74 Å². The summed E-state index contributed by atoms with van der Waals surface area (Å²) < 4.78 is 10.1. The van der Waals surface area contributed by atoms with Crippen LogP contribution in [0, 0.1) is 16.0 Å². The highest BCUT2D eigenvalue weighted by molar-refractivity contribution is 6.00. The minimum Gasteiger partial charge on any atom is -0.475 e. The van der Waals surface area contributed by atoms with Gasteiger partial charge in [0.05, 0.1) is 17.6 Å². The zero-order valence-electron chi connectivity index (χ0n) is 17.0. The largest absolute Gasteiger partial charge is 0.475 e. The Morgan fingerprint density at radius 3 is 2.13 bits per heavy atom. The first-order valence-corrected chi connectivity index (χ1v) is 9.12. The van der Waals surface area contributed by atoms with E-state index in [1.54, 1.807) is 26.0 Å². The van der Waals surface area contributed by atoms with Crippen molar-refractivity contribution in [2.75, 3.05) is 12.4 Å². The lowest BCUT2D eigenvalue weighted by Crippen LogP contribution is -2.24. The van der Waals surface area contributed by atoms with E-state index in [0.29, 0.717) is 11.3 Å². The van der Waals surface area contributed by atoms with Gasteiger partial charge in [-0.3, -0.25) is 19.7 Å². The fraction of sp³-hybridized carbons (Fsp3) is 0.286. The van der Waals surface area contributed by atoms with Gasteiger partial charge in [-0.25, -0.2) is 4.79 Å². The predicted molar refractivity (Wildman–Crippen MR) is 109 cm³/mol. The number of anilines is 1. The second-order valence-corrected chi connectivity index (χ2v) is 6.78. The lowest BCUT2D eigenvalue weighted by Gasteiger charge is -2.15. The van der Waals surface area contributed by atoms with Gasteiger partial charge in [-0.2, -0.15) is 0 Å². The van der Waals surface area contributed by atoms with E-state index in [2.05, 4.69) is 10.1 Å². The van der Waals surface area contributed by atoms with Crippen molar-refractivity contribution in [2.45, 2.75) is 26.9 Å². The number of amides is 1. The maximum atomic E-state index is 12.6. The monoisotopic (exact) mass is 414 g/mol. The Labute approximate surface area is 173 Å². The maximum absolute atomic E-state index is 12.6. The number of carbonyl (C=O) groups excluding carboxylic acids is 3. The summed E-state index contributed by atoms with van der Waals surface area (Å²) in [4.78, 5) is 46.6. The summed E-state index contributed by atoms with van der Waals surface area (Å²) in [6, 6.07) is 9.85. The lowest BCUT2D eigenvalue weighted by atomic mass is 10.1. The molecule has 9 nitrogen and oxygen atoms in total. The Balaban J connectivity index is 2.16. The normalized spacial score (nSPS) is 11.5. The maximum Gasteiger partial charge on any atom is 0.338 e. The van der Waals surface area contributed by atoms with E-state index in [1.807, 2.05) is 0 Å². The van der Waals surface area contributed by atoms with Crippen molar-refractivity contribution in [2.24, 2.45) is 5.92 Å². The molecule has 0 radical (unpaired) electrons. The highest BCUT2D eigenvalue weighted by Crippen LogP contribution is 2.29. The number of carbonyl (C=O) groups is 3. The third kappa shape index (κ3) is 5.40. The number of ether oxygens (including phenoxy) is 2. The topological polar surface area (TPSA) is 125 Å². The van der Waals surface area contributed by atoms with E-state index in [9.17, 15) is 24.5 Å². The van der Waals surface area contributed by atoms with Gasteiger partial charge in [-0.1, -0.05) is 13.8 Å². The lowest BCUT2D eigenvalue weighted by molar-refractivity contribution is -0.386. The first-order valence-electron chi connectivity index (χ1n) is 9.12. The molecule has 0 aliphatic carbocycles. The minimum absolute atomic E-state index is 0.00503. The number of nitrogens with one attached hydrogen (secondary N) is 1. The highest BCUT2D eigenvalue weighted by atomic mass is 16.6. The fourth-order valence-electron chi connectivity index (χ4n) is 2.49. The number of Topliss-reactive ketones (excluding diaryl/α,β-unsaturated/α-hetero) is 1. The van der Waals surface area contributed by atoms with Gasteiger partial charge in [-0.15, -0.1) is 0 Å². The van der Waals surface area contributed by atoms with Crippen LogP contribution in [0.25, 0.3) is 0 Å². The standard InChI is InChI=1S/C21H22N2O7/c1-12(2)20(25)22-16-8-5-14(6-9-16)19(24)13(3)30-18-10-7-15(21(26)29-4)11-17(18)23(27)28/h5-13H,1-4H3,(H,22,25)/t13-/m0/s1. The Hall–Kier alpha value is -3.75. The predicted octanol–water partition coefficient (Wildman–Crippen LogP) is 3.63. The molecule has 30 heavy (non-hydrogen) atoms. The summed E-state index contributed by atoms with van der Waals surface area (Å²) in [5.41, 5.74) is 0.408. The van der Waals surface area contributed by atoms with Gasteiger partial charge < -0.3 is 14.8 Å². The van der Waals surface area contributed by atoms with Crippen LogP contribution in [0.4, 0.5) is 11.4 Å². The molecule has 0 unspecified atom stereocenters. The van der Waals surface area contributed by atoms with Crippen LogP contribution in [0.5, 0.6) is 5.75 Å². The highest BCUT2D eigenvalue weighted by Gasteiger charge is 2.24. The Morgan fingerprint density at radius 1 is 1.00 bits per heavy atom. The number of esters is 1. The van der Waals surface area contributed by atoms with E-state index in [1.165, 1.54) is 38.3 Å². The van der Waals surface area contributed by atoms with Crippen LogP contribution in [0.2, 0.25) is 0 Å². The molecular weight excluding hydrogens is 392 g/mol. The van der Waals surface area contributed by atoms with Gasteiger partial charge in [0.25, 0.3) is 0 Å². The van der Waals surface area contributed by atoms with Crippen LogP contribution >= 0.6 is 0 Å². The molecule has 0 aromatic heterocycles. The molecule has 0 saturated carbocycles. The second-order valence-electron chi connectivity index (χ2n) is 6.78. The number of hydrogen-bond acceptors (Lipinski definition) is 7. The number of ketones is 1. The van der Waals surface area contributed by atoms with Crippen molar-refractivity contribution >= 4 is 29.0 Å². The van der Waals surface area contributed by atoms with Crippen molar-refractivity contribution in [1.29, 1.82) is 0 Å². The average molecular weight is 414 g/mol. The van der Waals surface area contributed by atoms with Gasteiger partial charge >= 0.3 is 11.7 Å². The third-order valence-electron chi connectivity index (χ3n) is 4.21. The Morgan fingerprint density at radius 2 is 1.60 bits per heavy atom. The molecule has 1 atom stereocenters. The zero-order chi connectivity index (χ0) is 22.4. The molecule has 0 fully saturated rings. The summed E-state index contributed by atoms with van der Waals surface area (Å²) in [6.07, 6.45) is -1.02. The summed E-state index contributed by atoms with van der Waals surface area (Å²) in [6.45, 7) is 5.00. The number of rotatable bonds is 8. The van der Waals surface area contributed by atoms with E-state index >= 15 is 0 Å². The Kier molecular flexibility index (Phi) is 7.24. The summed E-state index contributed by atoms with van der Waals surface area (Å²) in [5.74, 6) is -1.59. The molecule has 2 aromatic carbocycles. The second kappa shape index (κ2) is 9.64. The van der Waals surface area contributed by atoms with E-state index < -0.39 is 28.5 Å². The molecule has 158 valence electrons. The fourth-order valence-corrected chi connectivity index (χ4v) is 2.49. The minimum atomic E-state index is -1.02. The molecule has 0 saturated heterocycles. The van der Waals surface area contributed by atoms with Crippen LogP contribution in [0.15, 0.2) is 42.5 Å². The molecule has 0 bridgehead atoms. The molecule has 2 aromatic rings. The van der Waals surface area contributed by atoms with Gasteiger partial charge in [0.1, 0.15) is 0 Å². The van der Waals surface area contributed by atoms with Gasteiger partial charge in [0.15, 0.2) is 11.9 Å². The number of nitrogens with zero attached hydrogens (tertiary/aromatic N) is 1. The zero-order valence-corrected chi connectivity index (χ0v) is 17.0. The quantitative estimate of drug-likeness (QED) is 0.303. The van der Waals surface area contributed by atoms with Gasteiger partial charge in [-0.05, 0) is 43.3 Å². The van der Waals surface area contributed by atoms with Gasteiger partial charge in [0, 0.05) is 23.2 Å². The summed E-state index contributed by atoms with van der Waals surface area (Å²) in [7, 11) is 1.17. The number of hydrogen-bond donors (Lipinski definition) is 1. The molecule has 1 N–H and O–H groups in total. The summed E-state index contributed by atoms with van der Waals surface area (Å²) >= 11 is 0. The number of nitro benzene ring substituents is 1. The van der Waals surface area contributed by atoms with Crippen LogP contribution < -0.4 is 10.1 Å². The molecule has 0 aliphatic heterocycles. The summed E-state index contributed by atoms with van der Waals surface area (Å²) in [5, 5.41) is 14.1. The van der Waals surface area contributed by atoms with Crippen LogP contribution in [-0.4, -0.2) is 35.8 Å². The van der Waals surface area contributed by atoms with Crippen LogP contribution in [0.1, 0.15) is 41.5 Å². The molecule has 2 rings (SSSR count). The molecule has 0 spiro atoms. The average Bonchev–Trinajstić information content (AvgIpc) is 2.73. The Bertz CT molecular complexity index is 968. The number of methoxy groups -OCH3 is 1. The van der Waals surface area contributed by atoms with Gasteiger partial charge in [0.2, 0.25) is 11.7 Å². The van der Waals surface area contributed by atoms with Crippen molar-refractivity contribution in [3.05, 3.63) is 63.7 Å². The first kappa shape index (κ1) is 22.5. The number of benzene rings is 2. The molecule has 1 amide bonds. The molecular formula is C21H22N2O7. The molecule has 0 aliphatic rings. The van der Waals surface area contributed by atoms with E-state index in [-0.39, 0.29) is 23.1 Å².